The van der Waals surface area contributed by atoms with Crippen LogP contribution < -0.4 is 10.1 Å². The molecule has 0 aliphatic rings. The number of hydrogen-bond acceptors (Lipinski definition) is 2. The van der Waals surface area contributed by atoms with Crippen LogP contribution in [-0.2, 0) is 6.54 Å². The van der Waals surface area contributed by atoms with Gasteiger partial charge in [-0.1, -0.05) is 39.7 Å². The zero-order valence-electron chi connectivity index (χ0n) is 10.8. The van der Waals surface area contributed by atoms with Crippen molar-refractivity contribution >= 4 is 27.5 Å². The molecule has 4 heteroatoms. The normalized spacial score (nSPS) is 10.5. The molecule has 0 unspecified atom stereocenters. The fourth-order valence-corrected chi connectivity index (χ4v) is 2.31. The molecule has 0 fully saturated rings. The van der Waals surface area contributed by atoms with Gasteiger partial charge in [0.05, 0.1) is 5.02 Å². The Balaban J connectivity index is 2.25. The van der Waals surface area contributed by atoms with E-state index in [1.165, 1.54) is 5.56 Å². The standard InChI is InChI=1S/C15H15BrClNO/c1-10-7-11(9-18-2)3-6-14(10)19-15-8-12(16)4-5-13(15)17/h3-8,18H,9H2,1-2H3. The van der Waals surface area contributed by atoms with Crippen molar-refractivity contribution in [1.29, 1.82) is 0 Å². The lowest BCUT2D eigenvalue weighted by atomic mass is 10.1. The van der Waals surface area contributed by atoms with Crippen LogP contribution in [0.15, 0.2) is 40.9 Å². The van der Waals surface area contributed by atoms with Gasteiger partial charge < -0.3 is 10.1 Å². The first-order valence-electron chi connectivity index (χ1n) is 5.97. The summed E-state index contributed by atoms with van der Waals surface area (Å²) in [5, 5.41) is 3.73. The van der Waals surface area contributed by atoms with Gasteiger partial charge in [0.25, 0.3) is 0 Å². The second kappa shape index (κ2) is 6.42. The molecule has 2 aromatic rings. The van der Waals surface area contributed by atoms with Crippen LogP contribution in [-0.4, -0.2) is 7.05 Å². The van der Waals surface area contributed by atoms with Gasteiger partial charge in [-0.25, -0.2) is 0 Å². The highest BCUT2D eigenvalue weighted by Crippen LogP contribution is 2.33. The highest BCUT2D eigenvalue weighted by atomic mass is 79.9. The Morgan fingerprint density at radius 2 is 1.95 bits per heavy atom. The summed E-state index contributed by atoms with van der Waals surface area (Å²) in [6, 6.07) is 11.7. The van der Waals surface area contributed by atoms with Crippen LogP contribution in [0.2, 0.25) is 5.02 Å². The highest BCUT2D eigenvalue weighted by molar-refractivity contribution is 9.10. The van der Waals surface area contributed by atoms with E-state index >= 15 is 0 Å². The molecule has 0 atom stereocenters. The molecule has 0 radical (unpaired) electrons. The van der Waals surface area contributed by atoms with Crippen molar-refractivity contribution in [2.24, 2.45) is 0 Å². The van der Waals surface area contributed by atoms with Crippen molar-refractivity contribution in [3.05, 3.63) is 57.0 Å². The minimum atomic E-state index is 0.599. The summed E-state index contributed by atoms with van der Waals surface area (Å²) in [6.45, 7) is 2.87. The maximum absolute atomic E-state index is 6.12. The van der Waals surface area contributed by atoms with Crippen LogP contribution in [0.1, 0.15) is 11.1 Å². The van der Waals surface area contributed by atoms with Crippen molar-refractivity contribution in [2.75, 3.05) is 7.05 Å². The van der Waals surface area contributed by atoms with Gasteiger partial charge in [-0.2, -0.15) is 0 Å². The fraction of sp³-hybridized carbons (Fsp3) is 0.200. The lowest BCUT2D eigenvalue weighted by Gasteiger charge is -2.12. The van der Waals surface area contributed by atoms with Gasteiger partial charge >= 0.3 is 0 Å². The molecule has 2 aromatic carbocycles. The third-order valence-electron chi connectivity index (χ3n) is 2.73. The van der Waals surface area contributed by atoms with Crippen LogP contribution >= 0.6 is 27.5 Å². The van der Waals surface area contributed by atoms with Crippen molar-refractivity contribution < 1.29 is 4.74 Å². The van der Waals surface area contributed by atoms with Gasteiger partial charge in [-0.05, 0) is 49.4 Å². The monoisotopic (exact) mass is 339 g/mol. The molecule has 2 rings (SSSR count). The number of ether oxygens (including phenoxy) is 1. The Morgan fingerprint density at radius 1 is 1.16 bits per heavy atom. The Bertz CT molecular complexity index is 586. The van der Waals surface area contributed by atoms with Gasteiger partial charge in [0, 0.05) is 11.0 Å². The predicted octanol–water partition coefficient (Wildman–Crippen LogP) is 4.92. The lowest BCUT2D eigenvalue weighted by Crippen LogP contribution is -2.05. The molecular formula is C15H15BrClNO. The Labute approximate surface area is 126 Å². The zero-order valence-corrected chi connectivity index (χ0v) is 13.2. The molecule has 2 nitrogen and oxygen atoms in total. The number of halogens is 2. The molecule has 0 heterocycles. The smallest absolute Gasteiger partial charge is 0.147 e. The van der Waals surface area contributed by atoms with Gasteiger partial charge in [0.15, 0.2) is 0 Å². The third-order valence-corrected chi connectivity index (χ3v) is 3.54. The van der Waals surface area contributed by atoms with Crippen LogP contribution in [0.4, 0.5) is 0 Å². The van der Waals surface area contributed by atoms with Crippen LogP contribution in [0.25, 0.3) is 0 Å². The van der Waals surface area contributed by atoms with E-state index in [2.05, 4.69) is 27.3 Å². The van der Waals surface area contributed by atoms with Gasteiger partial charge in [-0.15, -0.1) is 0 Å². The number of rotatable bonds is 4. The maximum atomic E-state index is 6.12. The third kappa shape index (κ3) is 3.72. The minimum absolute atomic E-state index is 0.599. The molecule has 0 saturated heterocycles. The average Bonchev–Trinajstić information content (AvgIpc) is 2.37. The van der Waals surface area contributed by atoms with Crippen molar-refractivity contribution in [3.63, 3.8) is 0 Å². The van der Waals surface area contributed by atoms with Crippen LogP contribution in [0, 0.1) is 6.92 Å². The van der Waals surface area contributed by atoms with Gasteiger partial charge in [-0.3, -0.25) is 0 Å². The lowest BCUT2D eigenvalue weighted by molar-refractivity contribution is 0.478. The summed E-state index contributed by atoms with van der Waals surface area (Å²) in [6.07, 6.45) is 0. The molecular weight excluding hydrogens is 326 g/mol. The quantitative estimate of drug-likeness (QED) is 0.852. The SMILES string of the molecule is CNCc1ccc(Oc2cc(Br)ccc2Cl)c(C)c1. The number of nitrogens with one attached hydrogen (secondary N) is 1. The van der Waals surface area contributed by atoms with Crippen molar-refractivity contribution in [1.82, 2.24) is 5.32 Å². The first-order chi connectivity index (χ1) is 9.10. The van der Waals surface area contributed by atoms with E-state index in [0.717, 1.165) is 22.3 Å². The van der Waals surface area contributed by atoms with E-state index in [0.29, 0.717) is 10.8 Å². The summed E-state index contributed by atoms with van der Waals surface area (Å²) in [4.78, 5) is 0. The van der Waals surface area contributed by atoms with Crippen LogP contribution in [0.5, 0.6) is 11.5 Å². The maximum Gasteiger partial charge on any atom is 0.147 e. The first-order valence-corrected chi connectivity index (χ1v) is 7.14. The topological polar surface area (TPSA) is 21.3 Å². The largest absolute Gasteiger partial charge is 0.455 e. The summed E-state index contributed by atoms with van der Waals surface area (Å²) >= 11 is 9.54. The van der Waals surface area contributed by atoms with E-state index < -0.39 is 0 Å². The van der Waals surface area contributed by atoms with Gasteiger partial charge in [0.1, 0.15) is 11.5 Å². The van der Waals surface area contributed by atoms with Gasteiger partial charge in [0.2, 0.25) is 0 Å². The van der Waals surface area contributed by atoms with Crippen molar-refractivity contribution in [3.8, 4) is 11.5 Å². The number of aryl methyl sites for hydroxylation is 1. The molecule has 1 N–H and O–H groups in total. The Morgan fingerprint density at radius 3 is 2.63 bits per heavy atom. The minimum Gasteiger partial charge on any atom is -0.455 e. The van der Waals surface area contributed by atoms with E-state index in [9.17, 15) is 0 Å². The summed E-state index contributed by atoms with van der Waals surface area (Å²) in [5.74, 6) is 1.47. The fourth-order valence-electron chi connectivity index (χ4n) is 1.81. The molecule has 0 saturated carbocycles. The van der Waals surface area contributed by atoms with E-state index in [-0.39, 0.29) is 0 Å². The molecule has 0 amide bonds. The predicted molar refractivity (Wildman–Crippen MR) is 83.2 cm³/mol. The number of hydrogen-bond donors (Lipinski definition) is 1. The van der Waals surface area contributed by atoms with Crippen LogP contribution in [0.3, 0.4) is 0 Å². The first kappa shape index (κ1) is 14.4. The average molecular weight is 341 g/mol. The zero-order chi connectivity index (χ0) is 13.8. The molecule has 19 heavy (non-hydrogen) atoms. The molecule has 0 aromatic heterocycles. The van der Waals surface area contributed by atoms with E-state index in [1.807, 2.05) is 44.3 Å². The highest BCUT2D eigenvalue weighted by Gasteiger charge is 2.07. The molecule has 100 valence electrons. The molecule has 0 bridgehead atoms. The summed E-state index contributed by atoms with van der Waals surface area (Å²) in [7, 11) is 1.93. The summed E-state index contributed by atoms with van der Waals surface area (Å²) < 4.78 is 6.81. The van der Waals surface area contributed by atoms with Crippen molar-refractivity contribution in [2.45, 2.75) is 13.5 Å². The van der Waals surface area contributed by atoms with E-state index in [1.54, 1.807) is 0 Å². The molecule has 0 aliphatic heterocycles. The molecule has 0 aliphatic carbocycles. The Hall–Kier alpha value is -1.03. The summed E-state index contributed by atoms with van der Waals surface area (Å²) in [5.41, 5.74) is 2.32. The second-order valence-electron chi connectivity index (χ2n) is 4.31. The second-order valence-corrected chi connectivity index (χ2v) is 5.63. The van der Waals surface area contributed by atoms with E-state index in [4.69, 9.17) is 16.3 Å². The molecule has 0 spiro atoms. The Kier molecular flexibility index (Phi) is 4.86. The number of benzene rings is 2.